The first-order valence-electron chi connectivity index (χ1n) is 7.17. The molecule has 0 fully saturated rings. The van der Waals surface area contributed by atoms with E-state index in [1.807, 2.05) is 0 Å². The van der Waals surface area contributed by atoms with Crippen molar-refractivity contribution < 1.29 is 27.5 Å². The highest BCUT2D eigenvalue weighted by Gasteiger charge is 2.16. The first-order valence-corrected chi connectivity index (χ1v) is 8.66. The van der Waals surface area contributed by atoms with Crippen molar-refractivity contribution in [2.45, 2.75) is 31.7 Å². The molecular weight excluding hydrogens is 336 g/mol. The van der Waals surface area contributed by atoms with Gasteiger partial charge in [0.1, 0.15) is 13.2 Å². The van der Waals surface area contributed by atoms with Crippen LogP contribution in [0.15, 0.2) is 29.2 Å². The Balaban J connectivity index is 2.64. The summed E-state index contributed by atoms with van der Waals surface area (Å²) in [5, 5.41) is 2.32. The fourth-order valence-corrected chi connectivity index (χ4v) is 2.90. The summed E-state index contributed by atoms with van der Waals surface area (Å²) in [6, 6.07) is 5.02. The zero-order valence-electron chi connectivity index (χ0n) is 13.7. The fourth-order valence-electron chi connectivity index (χ4n) is 1.65. The van der Waals surface area contributed by atoms with Gasteiger partial charge in [-0.2, -0.15) is 0 Å². The molecule has 0 spiro atoms. The molecule has 8 nitrogen and oxygen atoms in total. The Labute approximate surface area is 140 Å². The molecule has 0 heterocycles. The molecule has 24 heavy (non-hydrogen) atoms. The molecule has 0 aliphatic heterocycles. The lowest BCUT2D eigenvalue weighted by molar-refractivity contribution is -0.146. The van der Waals surface area contributed by atoms with Gasteiger partial charge in [0.25, 0.3) is 5.91 Å². The van der Waals surface area contributed by atoms with E-state index in [2.05, 4.69) is 14.8 Å². The van der Waals surface area contributed by atoms with Gasteiger partial charge in [0, 0.05) is 11.6 Å². The number of carbonyl (C=O) groups excluding carboxylic acids is 3. The predicted octanol–water partition coefficient (Wildman–Crippen LogP) is 0.235. The van der Waals surface area contributed by atoms with Crippen LogP contribution in [0.5, 0.6) is 0 Å². The largest absolute Gasteiger partial charge is 0.456 e. The van der Waals surface area contributed by atoms with E-state index in [1.54, 1.807) is 13.8 Å². The van der Waals surface area contributed by atoms with Crippen molar-refractivity contribution in [3.63, 3.8) is 0 Å². The van der Waals surface area contributed by atoms with E-state index < -0.39 is 21.9 Å². The van der Waals surface area contributed by atoms with Crippen molar-refractivity contribution in [3.05, 3.63) is 29.8 Å². The summed E-state index contributed by atoms with van der Waals surface area (Å²) in [5.74, 6) is -1.60. The summed E-state index contributed by atoms with van der Waals surface area (Å²) in [6.07, 6.45) is 0. The quantitative estimate of drug-likeness (QED) is 0.644. The van der Waals surface area contributed by atoms with E-state index in [1.165, 1.54) is 31.2 Å². The first kappa shape index (κ1) is 19.8. The van der Waals surface area contributed by atoms with Crippen molar-refractivity contribution in [1.82, 2.24) is 10.0 Å². The number of ether oxygens (including phenoxy) is 1. The molecule has 0 bridgehead atoms. The van der Waals surface area contributed by atoms with Gasteiger partial charge in [-0.3, -0.25) is 14.4 Å². The summed E-state index contributed by atoms with van der Waals surface area (Å²) in [5.41, 5.74) is 0.192. The molecule has 0 saturated heterocycles. The lowest BCUT2D eigenvalue weighted by atomic mass is 10.2. The number of hydrogen-bond acceptors (Lipinski definition) is 6. The van der Waals surface area contributed by atoms with Gasteiger partial charge in [-0.1, -0.05) is 0 Å². The monoisotopic (exact) mass is 356 g/mol. The van der Waals surface area contributed by atoms with E-state index >= 15 is 0 Å². The Hall–Kier alpha value is -2.26. The zero-order chi connectivity index (χ0) is 18.3. The standard InChI is InChI=1S/C15H20N2O6S/c1-10(2)17-24(21,22)13-6-4-12(5-7-13)15(20)16-8-14(19)23-9-11(3)18/h4-7,10,17H,8-9H2,1-3H3,(H,16,20). The third-order valence-electron chi connectivity index (χ3n) is 2.65. The topological polar surface area (TPSA) is 119 Å². The minimum absolute atomic E-state index is 0.0358. The average Bonchev–Trinajstić information content (AvgIpc) is 2.49. The van der Waals surface area contributed by atoms with Crippen LogP contribution in [0.3, 0.4) is 0 Å². The minimum Gasteiger partial charge on any atom is -0.456 e. The molecule has 2 N–H and O–H groups in total. The van der Waals surface area contributed by atoms with Crippen LogP contribution in [0.25, 0.3) is 0 Å². The summed E-state index contributed by atoms with van der Waals surface area (Å²) in [7, 11) is -3.63. The molecule has 1 amide bonds. The van der Waals surface area contributed by atoms with Crippen LogP contribution in [-0.2, 0) is 24.3 Å². The number of amides is 1. The minimum atomic E-state index is -3.63. The Morgan fingerprint density at radius 1 is 1.12 bits per heavy atom. The first-order chi connectivity index (χ1) is 11.1. The molecule has 0 radical (unpaired) electrons. The van der Waals surface area contributed by atoms with Crippen LogP contribution in [0, 0.1) is 0 Å². The van der Waals surface area contributed by atoms with Crippen LogP contribution in [-0.4, -0.2) is 45.3 Å². The second kappa shape index (κ2) is 8.55. The molecule has 0 saturated carbocycles. The van der Waals surface area contributed by atoms with Gasteiger partial charge in [0.05, 0.1) is 4.90 Å². The second-order valence-electron chi connectivity index (χ2n) is 5.35. The van der Waals surface area contributed by atoms with Gasteiger partial charge < -0.3 is 10.1 Å². The lowest BCUT2D eigenvalue weighted by Gasteiger charge is -2.10. The number of Topliss-reactive ketones (excluding diaryl/α,β-unsaturated/α-hetero) is 1. The van der Waals surface area contributed by atoms with Crippen molar-refractivity contribution in [1.29, 1.82) is 0 Å². The van der Waals surface area contributed by atoms with Crippen LogP contribution in [0.4, 0.5) is 0 Å². The average molecular weight is 356 g/mol. The van der Waals surface area contributed by atoms with Crippen molar-refractivity contribution in [3.8, 4) is 0 Å². The van der Waals surface area contributed by atoms with E-state index in [0.717, 1.165) is 0 Å². The second-order valence-corrected chi connectivity index (χ2v) is 7.06. The van der Waals surface area contributed by atoms with Gasteiger partial charge in [0.2, 0.25) is 10.0 Å². The number of benzene rings is 1. The summed E-state index contributed by atoms with van der Waals surface area (Å²) in [4.78, 5) is 33.9. The molecule has 1 aromatic carbocycles. The normalized spacial score (nSPS) is 11.2. The molecule has 132 valence electrons. The maximum atomic E-state index is 12.0. The third-order valence-corrected chi connectivity index (χ3v) is 4.32. The van der Waals surface area contributed by atoms with Gasteiger partial charge in [0.15, 0.2) is 5.78 Å². The molecule has 9 heteroatoms. The van der Waals surface area contributed by atoms with E-state index in [9.17, 15) is 22.8 Å². The Morgan fingerprint density at radius 2 is 1.71 bits per heavy atom. The molecular formula is C15H20N2O6S. The van der Waals surface area contributed by atoms with Crippen molar-refractivity contribution in [2.75, 3.05) is 13.2 Å². The molecule has 1 aromatic rings. The Kier molecular flexibility index (Phi) is 7.05. The SMILES string of the molecule is CC(=O)COC(=O)CNC(=O)c1ccc(S(=O)(=O)NC(C)C)cc1. The van der Waals surface area contributed by atoms with Gasteiger partial charge in [-0.25, -0.2) is 13.1 Å². The van der Waals surface area contributed by atoms with Gasteiger partial charge >= 0.3 is 5.97 Å². The molecule has 0 aliphatic carbocycles. The number of rotatable bonds is 8. The fraction of sp³-hybridized carbons (Fsp3) is 0.400. The number of nitrogens with one attached hydrogen (secondary N) is 2. The number of hydrogen-bond donors (Lipinski definition) is 2. The zero-order valence-corrected chi connectivity index (χ0v) is 14.5. The van der Waals surface area contributed by atoms with E-state index in [4.69, 9.17) is 0 Å². The Morgan fingerprint density at radius 3 is 2.21 bits per heavy atom. The van der Waals surface area contributed by atoms with Crippen LogP contribution >= 0.6 is 0 Å². The number of esters is 1. The van der Waals surface area contributed by atoms with Crippen LogP contribution < -0.4 is 10.0 Å². The molecule has 0 aliphatic rings. The molecule has 0 unspecified atom stereocenters. The Bertz CT molecular complexity index is 710. The van der Waals surface area contributed by atoms with Crippen molar-refractivity contribution >= 4 is 27.7 Å². The third kappa shape index (κ3) is 6.47. The van der Waals surface area contributed by atoms with E-state index in [0.29, 0.717) is 0 Å². The van der Waals surface area contributed by atoms with Gasteiger partial charge in [-0.05, 0) is 45.0 Å². The highest BCUT2D eigenvalue weighted by Crippen LogP contribution is 2.11. The summed E-state index contributed by atoms with van der Waals surface area (Å²) < 4.78 is 31.0. The van der Waals surface area contributed by atoms with Crippen molar-refractivity contribution in [2.24, 2.45) is 0 Å². The smallest absolute Gasteiger partial charge is 0.325 e. The molecule has 1 rings (SSSR count). The van der Waals surface area contributed by atoms with Gasteiger partial charge in [-0.15, -0.1) is 0 Å². The number of ketones is 1. The summed E-state index contributed by atoms with van der Waals surface area (Å²) in [6.45, 7) is 3.94. The maximum Gasteiger partial charge on any atom is 0.325 e. The van der Waals surface area contributed by atoms with Crippen LogP contribution in [0.1, 0.15) is 31.1 Å². The summed E-state index contributed by atoms with van der Waals surface area (Å²) >= 11 is 0. The number of sulfonamides is 1. The highest BCUT2D eigenvalue weighted by molar-refractivity contribution is 7.89. The predicted molar refractivity (Wildman–Crippen MR) is 85.9 cm³/mol. The maximum absolute atomic E-state index is 12.0. The van der Waals surface area contributed by atoms with E-state index in [-0.39, 0.29) is 35.4 Å². The highest BCUT2D eigenvalue weighted by atomic mass is 32.2. The lowest BCUT2D eigenvalue weighted by Crippen LogP contribution is -2.31. The number of carbonyl (C=O) groups is 3. The van der Waals surface area contributed by atoms with Crippen LogP contribution in [0.2, 0.25) is 0 Å². The molecule has 0 atom stereocenters. The molecule has 0 aromatic heterocycles.